The number of aliphatic hydroxyl groups excluding tert-OH is 1. The van der Waals surface area contributed by atoms with Gasteiger partial charge in [-0.15, -0.1) is 0 Å². The molecule has 9 nitrogen and oxygen atoms in total. The molecule has 9 heteroatoms. The minimum Gasteiger partial charge on any atom is -0.394 e. The maximum Gasteiger partial charge on any atom is 0.274 e. The fourth-order valence-corrected chi connectivity index (χ4v) is 2.55. The highest BCUT2D eigenvalue weighted by Gasteiger charge is 2.13. The Bertz CT molecular complexity index is 951. The van der Waals surface area contributed by atoms with Crippen LogP contribution in [0, 0.1) is 10.1 Å². The van der Waals surface area contributed by atoms with Crippen LogP contribution in [-0.4, -0.2) is 37.6 Å². The van der Waals surface area contributed by atoms with Gasteiger partial charge in [0.05, 0.1) is 17.2 Å². The molecule has 1 aromatic carbocycles. The summed E-state index contributed by atoms with van der Waals surface area (Å²) < 4.78 is 0. The molecule has 3 rings (SSSR count). The van der Waals surface area contributed by atoms with E-state index in [1.54, 1.807) is 49.6 Å². The number of nitro groups is 1. The molecule has 0 aliphatic rings. The van der Waals surface area contributed by atoms with E-state index >= 15 is 0 Å². The maximum absolute atomic E-state index is 11.2. The second kappa shape index (κ2) is 8.87. The van der Waals surface area contributed by atoms with Crippen LogP contribution < -0.4 is 10.6 Å². The SMILES string of the molecule is C[C@@H](CO)Nc1nc(NCc2ccccc2[N+](=O)[O-])cc(-c2cccnc2)n1. The molecule has 0 saturated heterocycles. The van der Waals surface area contributed by atoms with E-state index in [-0.39, 0.29) is 24.9 Å². The van der Waals surface area contributed by atoms with Gasteiger partial charge in [-0.05, 0) is 19.1 Å². The molecule has 0 unspecified atom stereocenters. The van der Waals surface area contributed by atoms with Crippen LogP contribution in [0.1, 0.15) is 12.5 Å². The van der Waals surface area contributed by atoms with Crippen molar-refractivity contribution in [3.8, 4) is 11.3 Å². The number of nitro benzene ring substituents is 1. The third-order valence-corrected chi connectivity index (χ3v) is 3.98. The van der Waals surface area contributed by atoms with E-state index in [9.17, 15) is 15.2 Å². The molecule has 1 atom stereocenters. The van der Waals surface area contributed by atoms with Gasteiger partial charge in [0, 0.05) is 48.2 Å². The summed E-state index contributed by atoms with van der Waals surface area (Å²) in [6.45, 7) is 1.97. The Hall–Kier alpha value is -3.59. The van der Waals surface area contributed by atoms with E-state index in [0.29, 0.717) is 23.0 Å². The van der Waals surface area contributed by atoms with E-state index in [1.165, 1.54) is 6.07 Å². The zero-order chi connectivity index (χ0) is 19.9. The van der Waals surface area contributed by atoms with Crippen LogP contribution in [0.5, 0.6) is 0 Å². The van der Waals surface area contributed by atoms with Gasteiger partial charge in [0.15, 0.2) is 0 Å². The van der Waals surface area contributed by atoms with Crippen molar-refractivity contribution in [1.29, 1.82) is 0 Å². The van der Waals surface area contributed by atoms with Gasteiger partial charge >= 0.3 is 0 Å². The number of aromatic nitrogens is 3. The number of para-hydroxylation sites is 1. The van der Waals surface area contributed by atoms with E-state index in [1.807, 2.05) is 6.07 Å². The number of benzene rings is 1. The van der Waals surface area contributed by atoms with E-state index in [2.05, 4.69) is 25.6 Å². The predicted octanol–water partition coefficient (Wildman–Crippen LogP) is 2.85. The van der Waals surface area contributed by atoms with E-state index in [0.717, 1.165) is 5.56 Å². The Morgan fingerprint density at radius 3 is 2.75 bits per heavy atom. The number of anilines is 2. The molecule has 28 heavy (non-hydrogen) atoms. The van der Waals surface area contributed by atoms with Crippen molar-refractivity contribution in [3.05, 3.63) is 70.5 Å². The van der Waals surface area contributed by atoms with Crippen molar-refractivity contribution in [2.45, 2.75) is 19.5 Å². The molecule has 2 aromatic heterocycles. The highest BCUT2D eigenvalue weighted by molar-refractivity contribution is 5.63. The summed E-state index contributed by atoms with van der Waals surface area (Å²) >= 11 is 0. The lowest BCUT2D eigenvalue weighted by Gasteiger charge is -2.14. The first-order chi connectivity index (χ1) is 13.6. The first kappa shape index (κ1) is 19.2. The Morgan fingerprint density at radius 1 is 1.21 bits per heavy atom. The van der Waals surface area contributed by atoms with Gasteiger partial charge in [0.25, 0.3) is 5.69 Å². The Labute approximate surface area is 161 Å². The number of nitrogens with one attached hydrogen (secondary N) is 2. The summed E-state index contributed by atoms with van der Waals surface area (Å²) in [4.78, 5) is 23.8. The lowest BCUT2D eigenvalue weighted by atomic mass is 10.1. The van der Waals surface area contributed by atoms with Gasteiger partial charge in [-0.3, -0.25) is 15.1 Å². The van der Waals surface area contributed by atoms with E-state index < -0.39 is 4.92 Å². The summed E-state index contributed by atoms with van der Waals surface area (Å²) in [6.07, 6.45) is 3.36. The minimum atomic E-state index is -0.409. The van der Waals surface area contributed by atoms with Gasteiger partial charge in [0.1, 0.15) is 5.82 Å². The fraction of sp³-hybridized carbons (Fsp3) is 0.211. The molecule has 0 bridgehead atoms. The maximum atomic E-state index is 11.2. The van der Waals surface area contributed by atoms with Crippen molar-refractivity contribution >= 4 is 17.5 Å². The Morgan fingerprint density at radius 2 is 2.04 bits per heavy atom. The molecule has 0 fully saturated rings. The lowest BCUT2D eigenvalue weighted by molar-refractivity contribution is -0.385. The standard InChI is InChI=1S/C19H20N6O3/c1-13(12-26)22-19-23-16(14-6-4-8-20-10-14)9-18(24-19)21-11-15-5-2-3-7-17(15)25(27)28/h2-10,13,26H,11-12H2,1H3,(H2,21,22,23,24)/t13-/m0/s1. The quantitative estimate of drug-likeness (QED) is 0.402. The van der Waals surface area contributed by atoms with E-state index in [4.69, 9.17) is 0 Å². The lowest BCUT2D eigenvalue weighted by Crippen LogP contribution is -2.21. The second-order valence-corrected chi connectivity index (χ2v) is 6.17. The summed E-state index contributed by atoms with van der Waals surface area (Å²) in [6, 6.07) is 11.7. The number of hydrogen-bond donors (Lipinski definition) is 3. The first-order valence-corrected chi connectivity index (χ1v) is 8.70. The first-order valence-electron chi connectivity index (χ1n) is 8.70. The summed E-state index contributed by atoms with van der Waals surface area (Å²) in [5.41, 5.74) is 2.04. The Balaban J connectivity index is 1.89. The minimum absolute atomic E-state index is 0.0452. The summed E-state index contributed by atoms with van der Waals surface area (Å²) in [5.74, 6) is 0.840. The van der Waals surface area contributed by atoms with Crippen molar-refractivity contribution in [1.82, 2.24) is 15.0 Å². The predicted molar refractivity (Wildman–Crippen MR) is 106 cm³/mol. The van der Waals surface area contributed by atoms with Crippen LogP contribution in [0.3, 0.4) is 0 Å². The third-order valence-electron chi connectivity index (χ3n) is 3.98. The molecule has 144 valence electrons. The largest absolute Gasteiger partial charge is 0.394 e. The van der Waals surface area contributed by atoms with Gasteiger partial charge in [0.2, 0.25) is 5.95 Å². The van der Waals surface area contributed by atoms with Gasteiger partial charge < -0.3 is 15.7 Å². The summed E-state index contributed by atoms with van der Waals surface area (Å²) in [7, 11) is 0. The van der Waals surface area contributed by atoms with Crippen LogP contribution in [0.4, 0.5) is 17.5 Å². The normalized spacial score (nSPS) is 11.6. The molecule has 0 saturated carbocycles. The van der Waals surface area contributed by atoms with Crippen LogP contribution >= 0.6 is 0 Å². The monoisotopic (exact) mass is 380 g/mol. The molecular weight excluding hydrogens is 360 g/mol. The molecule has 0 aliphatic carbocycles. The molecule has 0 radical (unpaired) electrons. The highest BCUT2D eigenvalue weighted by Crippen LogP contribution is 2.23. The molecule has 0 amide bonds. The van der Waals surface area contributed by atoms with Crippen molar-refractivity contribution in [2.24, 2.45) is 0 Å². The average molecular weight is 380 g/mol. The Kier molecular flexibility index (Phi) is 6.07. The number of rotatable bonds is 8. The molecule has 2 heterocycles. The zero-order valence-corrected chi connectivity index (χ0v) is 15.2. The molecule has 3 aromatic rings. The summed E-state index contributed by atoms with van der Waals surface area (Å²) in [5, 5.41) is 26.6. The van der Waals surface area contributed by atoms with Gasteiger partial charge in [-0.2, -0.15) is 4.98 Å². The van der Waals surface area contributed by atoms with Crippen molar-refractivity contribution < 1.29 is 10.0 Å². The van der Waals surface area contributed by atoms with Gasteiger partial charge in [-0.1, -0.05) is 18.2 Å². The smallest absolute Gasteiger partial charge is 0.274 e. The second-order valence-electron chi connectivity index (χ2n) is 6.17. The third kappa shape index (κ3) is 4.77. The number of nitrogens with zero attached hydrogens (tertiary/aromatic N) is 4. The molecule has 0 spiro atoms. The van der Waals surface area contributed by atoms with Crippen molar-refractivity contribution in [3.63, 3.8) is 0 Å². The van der Waals surface area contributed by atoms with Crippen molar-refractivity contribution in [2.75, 3.05) is 17.2 Å². The van der Waals surface area contributed by atoms with Crippen LogP contribution in [0.15, 0.2) is 54.9 Å². The molecule has 3 N–H and O–H groups in total. The van der Waals surface area contributed by atoms with Crippen LogP contribution in [0.25, 0.3) is 11.3 Å². The topological polar surface area (TPSA) is 126 Å². The number of pyridine rings is 1. The van der Waals surface area contributed by atoms with Crippen LogP contribution in [0.2, 0.25) is 0 Å². The zero-order valence-electron chi connectivity index (χ0n) is 15.2. The average Bonchev–Trinajstić information content (AvgIpc) is 2.72. The highest BCUT2D eigenvalue weighted by atomic mass is 16.6. The molecular formula is C19H20N6O3. The van der Waals surface area contributed by atoms with Crippen LogP contribution in [-0.2, 0) is 6.54 Å². The molecule has 0 aliphatic heterocycles. The fourth-order valence-electron chi connectivity index (χ4n) is 2.55. The van der Waals surface area contributed by atoms with Gasteiger partial charge in [-0.25, -0.2) is 4.98 Å². The number of hydrogen-bond acceptors (Lipinski definition) is 8. The number of aliphatic hydroxyl groups is 1.